The number of halogens is 3. The second-order valence-corrected chi connectivity index (χ2v) is 7.07. The Bertz CT molecular complexity index is 1030. The molecule has 0 aromatic carbocycles. The predicted octanol–water partition coefficient (Wildman–Crippen LogP) is 1.91. The van der Waals surface area contributed by atoms with E-state index >= 15 is 0 Å². The van der Waals surface area contributed by atoms with Crippen molar-refractivity contribution in [3.05, 3.63) is 42.4 Å². The summed E-state index contributed by atoms with van der Waals surface area (Å²) in [6.45, 7) is -0.493. The highest BCUT2D eigenvalue weighted by molar-refractivity contribution is 7.89. The van der Waals surface area contributed by atoms with Gasteiger partial charge < -0.3 is 10.1 Å². The second kappa shape index (κ2) is 6.67. The van der Waals surface area contributed by atoms with E-state index in [1.165, 1.54) is 24.4 Å². The fraction of sp³-hybridized carbons (Fsp3) is 0.200. The van der Waals surface area contributed by atoms with E-state index in [1.54, 1.807) is 0 Å². The number of fused-ring (bicyclic) bond motifs is 1. The highest BCUT2D eigenvalue weighted by Gasteiger charge is 2.33. The van der Waals surface area contributed by atoms with Gasteiger partial charge in [-0.15, -0.1) is 0 Å². The summed E-state index contributed by atoms with van der Waals surface area (Å²) in [5.41, 5.74) is -0.196. The lowest BCUT2D eigenvalue weighted by Gasteiger charge is -2.06. The summed E-state index contributed by atoms with van der Waals surface area (Å²) in [5, 5.41) is 8.92. The summed E-state index contributed by atoms with van der Waals surface area (Å²) < 4.78 is 64.7. The maximum absolute atomic E-state index is 12.9. The summed E-state index contributed by atoms with van der Waals surface area (Å²) in [4.78, 5) is 10.0. The van der Waals surface area contributed by atoms with Crippen LogP contribution >= 0.6 is 0 Å². The summed E-state index contributed by atoms with van der Waals surface area (Å²) in [6, 6.07) is 5.11. The number of sulfonamides is 1. The molecule has 0 atom stereocenters. The minimum absolute atomic E-state index is 0.0536. The molecular weight excluding hydrogens is 373 g/mol. The third-order valence-electron chi connectivity index (χ3n) is 3.56. The Morgan fingerprint density at radius 1 is 1.19 bits per heavy atom. The SMILES string of the molecule is O=S(=O)(NCCO)c1ccc(-c2ccnc3[nH]c(C(F)(F)F)cc23)nc1. The van der Waals surface area contributed by atoms with E-state index in [0.29, 0.717) is 11.3 Å². The van der Waals surface area contributed by atoms with Gasteiger partial charge in [0.2, 0.25) is 10.0 Å². The zero-order valence-corrected chi connectivity index (χ0v) is 13.9. The maximum Gasteiger partial charge on any atom is 0.431 e. The minimum atomic E-state index is -4.54. The molecule has 26 heavy (non-hydrogen) atoms. The number of aliphatic hydroxyl groups is 1. The number of aromatic nitrogens is 3. The Morgan fingerprint density at radius 3 is 2.58 bits per heavy atom. The Kier molecular flexibility index (Phi) is 4.69. The van der Waals surface area contributed by atoms with Gasteiger partial charge in [-0.1, -0.05) is 0 Å². The molecule has 7 nitrogen and oxygen atoms in total. The van der Waals surface area contributed by atoms with Gasteiger partial charge in [0.25, 0.3) is 0 Å². The number of hydrogen-bond donors (Lipinski definition) is 3. The number of nitrogens with one attached hydrogen (secondary N) is 2. The van der Waals surface area contributed by atoms with Crippen LogP contribution in [0.5, 0.6) is 0 Å². The molecule has 0 saturated carbocycles. The molecule has 3 N–H and O–H groups in total. The highest BCUT2D eigenvalue weighted by Crippen LogP contribution is 2.34. The molecule has 3 rings (SSSR count). The first-order chi connectivity index (χ1) is 12.2. The van der Waals surface area contributed by atoms with Crippen molar-refractivity contribution in [3.63, 3.8) is 0 Å². The molecule has 3 aromatic heterocycles. The molecule has 0 unspecified atom stereocenters. The first kappa shape index (κ1) is 18.3. The van der Waals surface area contributed by atoms with Crippen molar-refractivity contribution in [2.75, 3.05) is 13.2 Å². The topological polar surface area (TPSA) is 108 Å². The third kappa shape index (κ3) is 3.54. The Labute approximate surface area is 146 Å². The van der Waals surface area contributed by atoms with Gasteiger partial charge >= 0.3 is 6.18 Å². The molecule has 0 radical (unpaired) electrons. The molecule has 0 saturated heterocycles. The van der Waals surface area contributed by atoms with Gasteiger partial charge in [-0.2, -0.15) is 13.2 Å². The number of rotatable bonds is 5. The average Bonchev–Trinajstić information content (AvgIpc) is 3.05. The van der Waals surface area contributed by atoms with Crippen molar-refractivity contribution in [1.82, 2.24) is 19.7 Å². The van der Waals surface area contributed by atoms with Crippen molar-refractivity contribution >= 4 is 21.1 Å². The van der Waals surface area contributed by atoms with Crippen LogP contribution in [-0.4, -0.2) is 41.6 Å². The van der Waals surface area contributed by atoms with Gasteiger partial charge in [-0.3, -0.25) is 4.98 Å². The van der Waals surface area contributed by atoms with Crippen LogP contribution in [-0.2, 0) is 16.2 Å². The molecule has 138 valence electrons. The van der Waals surface area contributed by atoms with Crippen LogP contribution in [0.2, 0.25) is 0 Å². The van der Waals surface area contributed by atoms with Gasteiger partial charge in [0.1, 0.15) is 16.2 Å². The van der Waals surface area contributed by atoms with Crippen molar-refractivity contribution in [2.45, 2.75) is 11.1 Å². The average molecular weight is 386 g/mol. The smallest absolute Gasteiger partial charge is 0.395 e. The number of aromatic amines is 1. The quantitative estimate of drug-likeness (QED) is 0.621. The first-order valence-corrected chi connectivity index (χ1v) is 8.82. The monoisotopic (exact) mass is 386 g/mol. The zero-order valence-electron chi connectivity index (χ0n) is 13.1. The lowest BCUT2D eigenvalue weighted by Crippen LogP contribution is -2.26. The highest BCUT2D eigenvalue weighted by atomic mass is 32.2. The van der Waals surface area contributed by atoms with Crippen molar-refractivity contribution in [2.24, 2.45) is 0 Å². The van der Waals surface area contributed by atoms with E-state index in [-0.39, 0.29) is 29.1 Å². The molecule has 0 aliphatic rings. The van der Waals surface area contributed by atoms with Crippen LogP contribution in [0.3, 0.4) is 0 Å². The summed E-state index contributed by atoms with van der Waals surface area (Å²) in [7, 11) is -3.82. The van der Waals surface area contributed by atoms with E-state index in [2.05, 4.69) is 19.7 Å². The van der Waals surface area contributed by atoms with Crippen LogP contribution in [0, 0.1) is 0 Å². The van der Waals surface area contributed by atoms with Gasteiger partial charge in [-0.25, -0.2) is 18.1 Å². The molecule has 3 heterocycles. The van der Waals surface area contributed by atoms with E-state index in [1.807, 2.05) is 0 Å². The lowest BCUT2D eigenvalue weighted by atomic mass is 10.1. The molecule has 3 aromatic rings. The summed E-state index contributed by atoms with van der Waals surface area (Å²) in [5.74, 6) is 0. The van der Waals surface area contributed by atoms with E-state index in [9.17, 15) is 21.6 Å². The third-order valence-corrected chi connectivity index (χ3v) is 5.01. The fourth-order valence-corrected chi connectivity index (χ4v) is 3.33. The number of alkyl halides is 3. The van der Waals surface area contributed by atoms with Crippen LogP contribution in [0.25, 0.3) is 22.3 Å². The molecule has 0 spiro atoms. The van der Waals surface area contributed by atoms with Crippen LogP contribution < -0.4 is 4.72 Å². The number of pyridine rings is 2. The van der Waals surface area contributed by atoms with E-state index < -0.39 is 21.9 Å². The first-order valence-electron chi connectivity index (χ1n) is 7.34. The Balaban J connectivity index is 2.01. The van der Waals surface area contributed by atoms with Gasteiger partial charge in [0, 0.05) is 29.9 Å². The predicted molar refractivity (Wildman–Crippen MR) is 86.6 cm³/mol. The van der Waals surface area contributed by atoms with Crippen molar-refractivity contribution in [3.8, 4) is 11.3 Å². The molecule has 0 aliphatic carbocycles. The molecule has 11 heteroatoms. The minimum Gasteiger partial charge on any atom is -0.395 e. The molecule has 0 amide bonds. The van der Waals surface area contributed by atoms with Gasteiger partial charge in [-0.05, 0) is 24.3 Å². The summed E-state index contributed by atoms with van der Waals surface area (Å²) >= 11 is 0. The van der Waals surface area contributed by atoms with Crippen molar-refractivity contribution < 1.29 is 26.7 Å². The fourth-order valence-electron chi connectivity index (χ4n) is 2.36. The van der Waals surface area contributed by atoms with E-state index in [0.717, 1.165) is 12.3 Å². The number of hydrogen-bond acceptors (Lipinski definition) is 5. The molecular formula is C15H13F3N4O3S. The Morgan fingerprint density at radius 2 is 1.96 bits per heavy atom. The molecule has 0 fully saturated rings. The van der Waals surface area contributed by atoms with Gasteiger partial charge in [0.15, 0.2) is 0 Å². The number of H-pyrrole nitrogens is 1. The maximum atomic E-state index is 12.9. The second-order valence-electron chi connectivity index (χ2n) is 5.30. The van der Waals surface area contributed by atoms with Crippen LogP contribution in [0.1, 0.15) is 5.69 Å². The molecule has 0 bridgehead atoms. The number of nitrogens with zero attached hydrogens (tertiary/aromatic N) is 2. The van der Waals surface area contributed by atoms with Crippen LogP contribution in [0.15, 0.2) is 41.6 Å². The normalized spacial score (nSPS) is 12.6. The Hall–Kier alpha value is -2.50. The van der Waals surface area contributed by atoms with E-state index in [4.69, 9.17) is 5.11 Å². The number of aliphatic hydroxyl groups excluding tert-OH is 1. The standard InChI is InChI=1S/C15H13F3N4O3S/c16-15(17,18)13-7-11-10(3-4-19-14(11)22-13)12-2-1-9(8-20-12)26(24,25)21-5-6-23/h1-4,7-8,21,23H,5-6H2,(H,19,22). The summed E-state index contributed by atoms with van der Waals surface area (Å²) in [6.07, 6.45) is -2.11. The zero-order chi connectivity index (χ0) is 18.9. The van der Waals surface area contributed by atoms with Crippen molar-refractivity contribution in [1.29, 1.82) is 0 Å². The van der Waals surface area contributed by atoms with Crippen LogP contribution in [0.4, 0.5) is 13.2 Å². The molecule has 0 aliphatic heterocycles. The largest absolute Gasteiger partial charge is 0.431 e. The van der Waals surface area contributed by atoms with Gasteiger partial charge in [0.05, 0.1) is 12.3 Å². The lowest BCUT2D eigenvalue weighted by molar-refractivity contribution is -0.140.